The number of anilines is 1. The van der Waals surface area contributed by atoms with Crippen LogP contribution in [0.25, 0.3) is 0 Å². The molecule has 3 rings (SSSR count). The number of carbonyl (C=O) groups is 2. The zero-order valence-electron chi connectivity index (χ0n) is 17.5. The molecule has 2 aromatic carbocycles. The molecule has 1 saturated heterocycles. The molecule has 1 atom stereocenters. The molecule has 0 aliphatic carbocycles. The Morgan fingerprint density at radius 1 is 1.03 bits per heavy atom. The Labute approximate surface area is 173 Å². The van der Waals surface area contributed by atoms with Crippen molar-refractivity contribution in [3.63, 3.8) is 0 Å². The minimum absolute atomic E-state index is 0.0924. The molecule has 5 nitrogen and oxygen atoms in total. The van der Waals surface area contributed by atoms with Crippen LogP contribution in [0.1, 0.15) is 36.2 Å². The van der Waals surface area contributed by atoms with Crippen LogP contribution >= 0.6 is 0 Å². The molecule has 2 aromatic rings. The summed E-state index contributed by atoms with van der Waals surface area (Å²) in [5.41, 5.74) is 3.20. The van der Waals surface area contributed by atoms with E-state index in [1.807, 2.05) is 30.3 Å². The topological polar surface area (TPSA) is 53.9 Å². The van der Waals surface area contributed by atoms with Crippen molar-refractivity contribution in [3.05, 3.63) is 65.7 Å². The molecule has 0 bridgehead atoms. The number of hydrogen-bond donors (Lipinski definition) is 2. The van der Waals surface area contributed by atoms with E-state index in [1.165, 1.54) is 10.5 Å². The first-order valence-electron chi connectivity index (χ1n) is 10.5. The Bertz CT molecular complexity index is 797. The Balaban J connectivity index is 1.38. The van der Waals surface area contributed by atoms with Gasteiger partial charge in [0, 0.05) is 17.3 Å². The minimum atomic E-state index is 0.0924. The van der Waals surface area contributed by atoms with Crippen LogP contribution in [0, 0.1) is 0 Å². The number of carbonyl (C=O) groups excluding carboxylic acids is 2. The number of hydrogen-bond acceptors (Lipinski definition) is 3. The zero-order chi connectivity index (χ0) is 20.6. The van der Waals surface area contributed by atoms with E-state index in [1.54, 1.807) is 6.92 Å². The summed E-state index contributed by atoms with van der Waals surface area (Å²) in [6.07, 6.45) is 1.94. The number of piperazine rings is 1. The molecule has 1 aliphatic heterocycles. The highest BCUT2D eigenvalue weighted by Crippen LogP contribution is 2.15. The predicted molar refractivity (Wildman–Crippen MR) is 117 cm³/mol. The average Bonchev–Trinajstić information content (AvgIpc) is 2.73. The van der Waals surface area contributed by atoms with Crippen LogP contribution in [0.3, 0.4) is 0 Å². The number of ketones is 1. The van der Waals surface area contributed by atoms with Crippen molar-refractivity contribution in [2.75, 3.05) is 37.6 Å². The van der Waals surface area contributed by atoms with Crippen LogP contribution in [-0.2, 0) is 11.2 Å². The lowest BCUT2D eigenvalue weighted by atomic mass is 10.1. The largest absolute Gasteiger partial charge is 0.360 e. The van der Waals surface area contributed by atoms with Gasteiger partial charge in [-0.25, -0.2) is 0 Å². The fraction of sp³-hybridized carbons (Fsp3) is 0.417. The summed E-state index contributed by atoms with van der Waals surface area (Å²) in [5, 5.41) is 3.15. The second-order valence-electron chi connectivity index (χ2n) is 8.01. The van der Waals surface area contributed by atoms with E-state index in [0.29, 0.717) is 6.54 Å². The molecule has 1 aliphatic rings. The lowest BCUT2D eigenvalue weighted by Gasteiger charge is -2.33. The van der Waals surface area contributed by atoms with Crippen molar-refractivity contribution in [3.8, 4) is 0 Å². The molecule has 1 amide bonds. The van der Waals surface area contributed by atoms with E-state index in [2.05, 4.69) is 41.4 Å². The van der Waals surface area contributed by atoms with Crippen LogP contribution in [0.5, 0.6) is 0 Å². The zero-order valence-corrected chi connectivity index (χ0v) is 17.5. The molecule has 0 saturated carbocycles. The molecule has 0 spiro atoms. The van der Waals surface area contributed by atoms with Gasteiger partial charge in [-0.05, 0) is 56.5 Å². The quantitative estimate of drug-likeness (QED) is 0.671. The maximum absolute atomic E-state index is 12.4. The van der Waals surface area contributed by atoms with Crippen LogP contribution in [0.2, 0.25) is 0 Å². The second-order valence-corrected chi connectivity index (χ2v) is 8.01. The third kappa shape index (κ3) is 6.43. The molecule has 5 heteroatoms. The fourth-order valence-corrected chi connectivity index (χ4v) is 3.82. The normalized spacial score (nSPS) is 15.7. The van der Waals surface area contributed by atoms with Crippen molar-refractivity contribution in [1.29, 1.82) is 0 Å². The smallest absolute Gasteiger partial charge is 0.275 e. The maximum atomic E-state index is 12.4. The average molecular weight is 395 g/mol. The highest BCUT2D eigenvalue weighted by Gasteiger charge is 2.23. The monoisotopic (exact) mass is 394 g/mol. The highest BCUT2D eigenvalue weighted by molar-refractivity contribution is 5.94. The first-order valence-corrected chi connectivity index (χ1v) is 10.5. The van der Waals surface area contributed by atoms with E-state index in [-0.39, 0.29) is 17.7 Å². The first kappa shape index (κ1) is 21.1. The third-order valence-corrected chi connectivity index (χ3v) is 5.64. The van der Waals surface area contributed by atoms with Gasteiger partial charge in [0.25, 0.3) is 5.91 Å². The van der Waals surface area contributed by atoms with Crippen molar-refractivity contribution < 1.29 is 14.5 Å². The van der Waals surface area contributed by atoms with Crippen molar-refractivity contribution in [2.24, 2.45) is 0 Å². The predicted octanol–water partition coefficient (Wildman–Crippen LogP) is 1.73. The molecule has 0 aromatic heterocycles. The molecule has 1 fully saturated rings. The Morgan fingerprint density at radius 3 is 2.31 bits per heavy atom. The van der Waals surface area contributed by atoms with Gasteiger partial charge in [0.05, 0.1) is 26.2 Å². The van der Waals surface area contributed by atoms with E-state index in [9.17, 15) is 9.59 Å². The summed E-state index contributed by atoms with van der Waals surface area (Å²) < 4.78 is 0. The van der Waals surface area contributed by atoms with Gasteiger partial charge in [-0.1, -0.05) is 30.3 Å². The first-order chi connectivity index (χ1) is 14.0. The molecule has 0 radical (unpaired) electrons. The molecule has 2 N–H and O–H groups in total. The molecule has 29 heavy (non-hydrogen) atoms. The Hall–Kier alpha value is -2.66. The van der Waals surface area contributed by atoms with Crippen molar-refractivity contribution in [1.82, 2.24) is 5.32 Å². The highest BCUT2D eigenvalue weighted by atomic mass is 16.2. The second kappa shape index (κ2) is 10.2. The van der Waals surface area contributed by atoms with Gasteiger partial charge in [0.1, 0.15) is 0 Å². The maximum Gasteiger partial charge on any atom is 0.275 e. The van der Waals surface area contributed by atoms with Gasteiger partial charge >= 0.3 is 0 Å². The summed E-state index contributed by atoms with van der Waals surface area (Å²) in [6, 6.07) is 18.4. The van der Waals surface area contributed by atoms with Gasteiger partial charge in [0.15, 0.2) is 12.3 Å². The van der Waals surface area contributed by atoms with E-state index in [0.717, 1.165) is 50.3 Å². The van der Waals surface area contributed by atoms with Gasteiger partial charge in [-0.15, -0.1) is 0 Å². The summed E-state index contributed by atoms with van der Waals surface area (Å²) in [6.45, 7) is 7.94. The standard InChI is InChI=1S/C24H31N3O2/c1-19(8-9-21-6-4-3-5-7-21)25-24(29)18-26-14-16-27(17-15-26)23-12-10-22(11-13-23)20(2)28/h3-7,10-13,19H,8-9,14-18H2,1-2H3,(H,25,29)/p+1/t19-/m0/s1. The lowest BCUT2D eigenvalue weighted by Crippen LogP contribution is -3.16. The van der Waals surface area contributed by atoms with Crippen LogP contribution in [0.15, 0.2) is 54.6 Å². The molecular formula is C24H32N3O2+. The van der Waals surface area contributed by atoms with Gasteiger partial charge < -0.3 is 15.1 Å². The van der Waals surface area contributed by atoms with E-state index in [4.69, 9.17) is 0 Å². The fourth-order valence-electron chi connectivity index (χ4n) is 3.82. The number of nitrogens with one attached hydrogen (secondary N) is 2. The van der Waals surface area contributed by atoms with E-state index >= 15 is 0 Å². The number of quaternary nitrogens is 1. The number of aryl methyl sites for hydroxylation is 1. The van der Waals surface area contributed by atoms with Crippen molar-refractivity contribution in [2.45, 2.75) is 32.7 Å². The SMILES string of the molecule is CC(=O)c1ccc(N2CC[NH+](CC(=O)N[C@@H](C)CCc3ccccc3)CC2)cc1. The molecule has 154 valence electrons. The summed E-state index contributed by atoms with van der Waals surface area (Å²) in [4.78, 5) is 27.5. The van der Waals surface area contributed by atoms with Gasteiger partial charge in [0.2, 0.25) is 0 Å². The number of amides is 1. The summed E-state index contributed by atoms with van der Waals surface area (Å²) >= 11 is 0. The third-order valence-electron chi connectivity index (χ3n) is 5.64. The lowest BCUT2D eigenvalue weighted by molar-refractivity contribution is -0.892. The molecule has 1 heterocycles. The number of Topliss-reactive ketones (excluding diaryl/α,β-unsaturated/α-hetero) is 1. The Kier molecular flexibility index (Phi) is 7.42. The Morgan fingerprint density at radius 2 is 1.69 bits per heavy atom. The molecular weight excluding hydrogens is 362 g/mol. The minimum Gasteiger partial charge on any atom is -0.360 e. The number of benzene rings is 2. The summed E-state index contributed by atoms with van der Waals surface area (Å²) in [5.74, 6) is 0.231. The number of nitrogens with zero attached hydrogens (tertiary/aromatic N) is 1. The number of rotatable bonds is 8. The van der Waals surface area contributed by atoms with Crippen LogP contribution in [-0.4, -0.2) is 50.5 Å². The van der Waals surface area contributed by atoms with Crippen LogP contribution in [0.4, 0.5) is 5.69 Å². The van der Waals surface area contributed by atoms with Gasteiger partial charge in [-0.2, -0.15) is 0 Å². The van der Waals surface area contributed by atoms with Crippen molar-refractivity contribution >= 4 is 17.4 Å². The van der Waals surface area contributed by atoms with Crippen LogP contribution < -0.4 is 15.1 Å². The van der Waals surface area contributed by atoms with Gasteiger partial charge in [-0.3, -0.25) is 9.59 Å². The van der Waals surface area contributed by atoms with E-state index < -0.39 is 0 Å². The summed E-state index contributed by atoms with van der Waals surface area (Å²) in [7, 11) is 0. The molecule has 0 unspecified atom stereocenters.